The SMILES string of the molecule is CC(CC(=O)NN)CC(C)(C)C. The van der Waals surface area contributed by atoms with Gasteiger partial charge in [-0.2, -0.15) is 0 Å². The van der Waals surface area contributed by atoms with Gasteiger partial charge in [-0.25, -0.2) is 5.84 Å². The van der Waals surface area contributed by atoms with Crippen LogP contribution in [0.1, 0.15) is 40.5 Å². The molecule has 0 rings (SSSR count). The number of amides is 1. The number of hydrogen-bond donors (Lipinski definition) is 2. The van der Waals surface area contributed by atoms with Crippen LogP contribution in [0, 0.1) is 11.3 Å². The molecule has 3 N–H and O–H groups in total. The average molecular weight is 172 g/mol. The lowest BCUT2D eigenvalue weighted by molar-refractivity contribution is -0.122. The van der Waals surface area contributed by atoms with E-state index in [1.54, 1.807) is 0 Å². The van der Waals surface area contributed by atoms with E-state index in [0.717, 1.165) is 6.42 Å². The molecule has 0 aliphatic rings. The fourth-order valence-electron chi connectivity index (χ4n) is 1.49. The van der Waals surface area contributed by atoms with Crippen molar-refractivity contribution in [2.75, 3.05) is 0 Å². The zero-order chi connectivity index (χ0) is 9.78. The van der Waals surface area contributed by atoms with Gasteiger partial charge in [-0.05, 0) is 17.8 Å². The number of nitrogens with one attached hydrogen (secondary N) is 1. The van der Waals surface area contributed by atoms with Gasteiger partial charge in [0.2, 0.25) is 5.91 Å². The van der Waals surface area contributed by atoms with E-state index in [-0.39, 0.29) is 11.3 Å². The maximum Gasteiger partial charge on any atom is 0.234 e. The fourth-order valence-corrected chi connectivity index (χ4v) is 1.49. The third kappa shape index (κ3) is 6.16. The van der Waals surface area contributed by atoms with Crippen LogP contribution in [0.5, 0.6) is 0 Å². The smallest absolute Gasteiger partial charge is 0.234 e. The summed E-state index contributed by atoms with van der Waals surface area (Å²) in [6.07, 6.45) is 1.56. The molecule has 0 aromatic rings. The minimum Gasteiger partial charge on any atom is -0.294 e. The number of rotatable bonds is 3. The second kappa shape index (κ2) is 4.45. The van der Waals surface area contributed by atoms with Crippen molar-refractivity contribution < 1.29 is 4.79 Å². The highest BCUT2D eigenvalue weighted by Gasteiger charge is 2.16. The van der Waals surface area contributed by atoms with Crippen molar-refractivity contribution >= 4 is 5.91 Å². The molecule has 0 heterocycles. The first-order valence-corrected chi connectivity index (χ1v) is 4.34. The van der Waals surface area contributed by atoms with Crippen molar-refractivity contribution in [3.8, 4) is 0 Å². The highest BCUT2D eigenvalue weighted by atomic mass is 16.2. The van der Waals surface area contributed by atoms with Gasteiger partial charge in [0.1, 0.15) is 0 Å². The van der Waals surface area contributed by atoms with Gasteiger partial charge in [0.25, 0.3) is 0 Å². The Balaban J connectivity index is 3.74. The van der Waals surface area contributed by atoms with Gasteiger partial charge in [0.15, 0.2) is 0 Å². The molecule has 1 unspecified atom stereocenters. The van der Waals surface area contributed by atoms with Crippen molar-refractivity contribution in [3.63, 3.8) is 0 Å². The van der Waals surface area contributed by atoms with E-state index in [4.69, 9.17) is 5.84 Å². The number of hydrazine groups is 1. The molecule has 72 valence electrons. The fraction of sp³-hybridized carbons (Fsp3) is 0.889. The molecule has 0 spiro atoms. The third-order valence-electron chi connectivity index (χ3n) is 1.66. The third-order valence-corrected chi connectivity index (χ3v) is 1.66. The van der Waals surface area contributed by atoms with Crippen LogP contribution >= 0.6 is 0 Å². The average Bonchev–Trinajstić information content (AvgIpc) is 1.82. The molecule has 1 amide bonds. The first-order valence-electron chi connectivity index (χ1n) is 4.34. The highest BCUT2D eigenvalue weighted by Crippen LogP contribution is 2.25. The molecule has 0 aliphatic heterocycles. The summed E-state index contributed by atoms with van der Waals surface area (Å²) >= 11 is 0. The molecule has 12 heavy (non-hydrogen) atoms. The maximum absolute atomic E-state index is 10.9. The second-order valence-corrected chi connectivity index (χ2v) is 4.64. The Morgan fingerprint density at radius 2 is 2.00 bits per heavy atom. The van der Waals surface area contributed by atoms with Crippen molar-refractivity contribution in [2.24, 2.45) is 17.2 Å². The molecular weight excluding hydrogens is 152 g/mol. The second-order valence-electron chi connectivity index (χ2n) is 4.64. The summed E-state index contributed by atoms with van der Waals surface area (Å²) in [6, 6.07) is 0. The van der Waals surface area contributed by atoms with Gasteiger partial charge >= 0.3 is 0 Å². The number of nitrogens with two attached hydrogens (primary N) is 1. The molecule has 1 atom stereocenters. The lowest BCUT2D eigenvalue weighted by atomic mass is 9.84. The first-order chi connectivity index (χ1) is 5.35. The van der Waals surface area contributed by atoms with Crippen molar-refractivity contribution in [2.45, 2.75) is 40.5 Å². The predicted molar refractivity (Wildman–Crippen MR) is 50.2 cm³/mol. The van der Waals surface area contributed by atoms with E-state index in [1.165, 1.54) is 0 Å². The van der Waals surface area contributed by atoms with Crippen LogP contribution in [0.4, 0.5) is 0 Å². The summed E-state index contributed by atoms with van der Waals surface area (Å²) in [7, 11) is 0. The van der Waals surface area contributed by atoms with Gasteiger partial charge < -0.3 is 0 Å². The van der Waals surface area contributed by atoms with Crippen LogP contribution in [0.3, 0.4) is 0 Å². The summed E-state index contributed by atoms with van der Waals surface area (Å²) < 4.78 is 0. The molecule has 0 saturated carbocycles. The summed E-state index contributed by atoms with van der Waals surface area (Å²) in [4.78, 5) is 10.9. The van der Waals surface area contributed by atoms with Crippen LogP contribution < -0.4 is 11.3 Å². The van der Waals surface area contributed by atoms with E-state index in [9.17, 15) is 4.79 Å². The summed E-state index contributed by atoms with van der Waals surface area (Å²) in [6.45, 7) is 8.58. The molecule has 0 aliphatic carbocycles. The molecular formula is C9H20N2O. The van der Waals surface area contributed by atoms with Crippen LogP contribution in [0.25, 0.3) is 0 Å². The molecule has 3 heteroatoms. The Labute approximate surface area is 74.7 Å². The monoisotopic (exact) mass is 172 g/mol. The minimum absolute atomic E-state index is 0.0771. The Hall–Kier alpha value is -0.570. The zero-order valence-corrected chi connectivity index (χ0v) is 8.48. The normalized spacial score (nSPS) is 14.1. The van der Waals surface area contributed by atoms with Crippen LogP contribution in [-0.4, -0.2) is 5.91 Å². The minimum atomic E-state index is -0.0771. The molecule has 0 fully saturated rings. The largest absolute Gasteiger partial charge is 0.294 e. The molecule has 0 aromatic heterocycles. The zero-order valence-electron chi connectivity index (χ0n) is 8.48. The van der Waals surface area contributed by atoms with Crippen LogP contribution in [-0.2, 0) is 4.79 Å². The number of carbonyl (C=O) groups is 1. The molecule has 0 aromatic carbocycles. The van der Waals surface area contributed by atoms with E-state index in [2.05, 4.69) is 33.1 Å². The quantitative estimate of drug-likeness (QED) is 0.384. The van der Waals surface area contributed by atoms with Gasteiger partial charge in [-0.15, -0.1) is 0 Å². The van der Waals surface area contributed by atoms with E-state index in [1.807, 2.05) is 0 Å². The lowest BCUT2D eigenvalue weighted by Crippen LogP contribution is -2.31. The molecule has 0 radical (unpaired) electrons. The van der Waals surface area contributed by atoms with Crippen LogP contribution in [0.2, 0.25) is 0 Å². The van der Waals surface area contributed by atoms with Gasteiger partial charge in [0, 0.05) is 6.42 Å². The van der Waals surface area contributed by atoms with E-state index in [0.29, 0.717) is 12.3 Å². The molecule has 0 bridgehead atoms. The van der Waals surface area contributed by atoms with E-state index >= 15 is 0 Å². The molecule has 3 nitrogen and oxygen atoms in total. The predicted octanol–water partition coefficient (Wildman–Crippen LogP) is 1.44. The molecule has 0 saturated heterocycles. The summed E-state index contributed by atoms with van der Waals surface area (Å²) in [5.41, 5.74) is 2.43. The topological polar surface area (TPSA) is 55.1 Å². The Bertz CT molecular complexity index is 149. The lowest BCUT2D eigenvalue weighted by Gasteiger charge is -2.22. The van der Waals surface area contributed by atoms with E-state index < -0.39 is 0 Å². The maximum atomic E-state index is 10.9. The van der Waals surface area contributed by atoms with Crippen molar-refractivity contribution in [3.05, 3.63) is 0 Å². The van der Waals surface area contributed by atoms with Crippen molar-refractivity contribution in [1.29, 1.82) is 0 Å². The van der Waals surface area contributed by atoms with Gasteiger partial charge in [0.05, 0.1) is 0 Å². The first kappa shape index (κ1) is 11.4. The van der Waals surface area contributed by atoms with Crippen molar-refractivity contribution in [1.82, 2.24) is 5.43 Å². The van der Waals surface area contributed by atoms with Gasteiger partial charge in [-0.3, -0.25) is 10.2 Å². The number of hydrogen-bond acceptors (Lipinski definition) is 2. The Kier molecular flexibility index (Phi) is 4.24. The van der Waals surface area contributed by atoms with Gasteiger partial charge in [-0.1, -0.05) is 27.7 Å². The highest BCUT2D eigenvalue weighted by molar-refractivity contribution is 5.75. The summed E-state index contributed by atoms with van der Waals surface area (Å²) in [5, 5.41) is 0. The Morgan fingerprint density at radius 3 is 2.33 bits per heavy atom. The summed E-state index contributed by atoms with van der Waals surface area (Å²) in [5.74, 6) is 5.30. The Morgan fingerprint density at radius 1 is 1.50 bits per heavy atom. The van der Waals surface area contributed by atoms with Crippen LogP contribution in [0.15, 0.2) is 0 Å². The number of carbonyl (C=O) groups excluding carboxylic acids is 1. The standard InChI is InChI=1S/C9H20N2O/c1-7(5-8(12)11-10)6-9(2,3)4/h7H,5-6,10H2,1-4H3,(H,11,12).